The summed E-state index contributed by atoms with van der Waals surface area (Å²) in [7, 11) is 0. The Hall–Kier alpha value is -3.47. The molecular formula is C18H9F4N5OS. The van der Waals surface area contributed by atoms with E-state index in [2.05, 4.69) is 24.5 Å². The van der Waals surface area contributed by atoms with Crippen LogP contribution in [0.25, 0.3) is 22.1 Å². The van der Waals surface area contributed by atoms with Gasteiger partial charge in [0.25, 0.3) is 5.88 Å². The van der Waals surface area contributed by atoms with Crippen LogP contribution in [0.15, 0.2) is 54.9 Å². The van der Waals surface area contributed by atoms with Crippen molar-refractivity contribution in [3.8, 4) is 33.7 Å². The SMILES string of the molecule is Fc1ccc(Oc2nc(-c3cccc(C(F)(F)F)c3)nnc2-c2ncns2)cc1. The maximum absolute atomic E-state index is 13.1. The van der Waals surface area contributed by atoms with Crippen molar-refractivity contribution < 1.29 is 22.3 Å². The molecule has 0 spiro atoms. The lowest BCUT2D eigenvalue weighted by Gasteiger charge is -2.10. The van der Waals surface area contributed by atoms with Crippen molar-refractivity contribution in [3.63, 3.8) is 0 Å². The molecule has 0 atom stereocenters. The number of ether oxygens (including phenoxy) is 1. The van der Waals surface area contributed by atoms with Gasteiger partial charge in [-0.2, -0.15) is 22.5 Å². The normalized spacial score (nSPS) is 11.4. The van der Waals surface area contributed by atoms with Crippen molar-refractivity contribution in [3.05, 3.63) is 66.2 Å². The molecule has 4 aromatic rings. The monoisotopic (exact) mass is 419 g/mol. The molecule has 0 radical (unpaired) electrons. The second-order valence-electron chi connectivity index (χ2n) is 5.67. The zero-order valence-electron chi connectivity index (χ0n) is 14.3. The molecule has 0 N–H and O–H groups in total. The maximum atomic E-state index is 13.1. The highest BCUT2D eigenvalue weighted by Gasteiger charge is 2.30. The Morgan fingerprint density at radius 3 is 2.45 bits per heavy atom. The molecular weight excluding hydrogens is 410 g/mol. The number of halogens is 4. The quantitative estimate of drug-likeness (QED) is 0.433. The van der Waals surface area contributed by atoms with E-state index in [-0.39, 0.29) is 28.7 Å². The Morgan fingerprint density at radius 2 is 1.76 bits per heavy atom. The first kappa shape index (κ1) is 18.9. The minimum atomic E-state index is -4.51. The molecule has 0 fully saturated rings. The van der Waals surface area contributed by atoms with Gasteiger partial charge in [0.2, 0.25) is 0 Å². The standard InChI is InChI=1S/C18H9F4N5OS/c19-12-4-6-13(7-5-12)28-16-14(17-23-9-24-29-17)26-27-15(25-16)10-2-1-3-11(8-10)18(20,21)22/h1-9H. The van der Waals surface area contributed by atoms with E-state index in [4.69, 9.17) is 4.74 Å². The van der Waals surface area contributed by atoms with Gasteiger partial charge in [-0.1, -0.05) is 12.1 Å². The second kappa shape index (κ2) is 7.51. The van der Waals surface area contributed by atoms with Crippen LogP contribution in [0.5, 0.6) is 11.6 Å². The lowest BCUT2D eigenvalue weighted by Crippen LogP contribution is -2.05. The number of alkyl halides is 3. The number of hydrogen-bond donors (Lipinski definition) is 0. The smallest absolute Gasteiger partial charge is 0.416 e. The van der Waals surface area contributed by atoms with E-state index in [1.165, 1.54) is 42.7 Å². The third-order valence-electron chi connectivity index (χ3n) is 3.69. The largest absolute Gasteiger partial charge is 0.437 e. The molecule has 4 rings (SSSR count). The summed E-state index contributed by atoms with van der Waals surface area (Å²) in [5.74, 6) is -0.308. The predicted octanol–water partition coefficient (Wildman–Crippen LogP) is 5.01. The van der Waals surface area contributed by atoms with Gasteiger partial charge >= 0.3 is 6.18 Å². The van der Waals surface area contributed by atoms with E-state index in [9.17, 15) is 17.6 Å². The van der Waals surface area contributed by atoms with E-state index in [0.717, 1.165) is 23.7 Å². The van der Waals surface area contributed by atoms with Gasteiger partial charge in [-0.05, 0) is 47.9 Å². The lowest BCUT2D eigenvalue weighted by atomic mass is 10.1. The first-order valence-electron chi connectivity index (χ1n) is 8.03. The van der Waals surface area contributed by atoms with E-state index < -0.39 is 17.6 Å². The fraction of sp³-hybridized carbons (Fsp3) is 0.0556. The van der Waals surface area contributed by atoms with Crippen molar-refractivity contribution in [1.82, 2.24) is 24.5 Å². The molecule has 0 aliphatic rings. The first-order valence-corrected chi connectivity index (χ1v) is 8.80. The van der Waals surface area contributed by atoms with Gasteiger partial charge in [-0.3, -0.25) is 0 Å². The Kier molecular flexibility index (Phi) is 4.89. The van der Waals surface area contributed by atoms with Crippen LogP contribution in [-0.2, 0) is 6.18 Å². The summed E-state index contributed by atoms with van der Waals surface area (Å²) < 4.78 is 61.7. The van der Waals surface area contributed by atoms with Crippen LogP contribution < -0.4 is 4.74 Å². The highest BCUT2D eigenvalue weighted by Crippen LogP contribution is 2.34. The maximum Gasteiger partial charge on any atom is 0.416 e. The van der Waals surface area contributed by atoms with E-state index >= 15 is 0 Å². The van der Waals surface area contributed by atoms with E-state index in [1.54, 1.807) is 0 Å². The fourth-order valence-corrected chi connectivity index (χ4v) is 2.87. The summed E-state index contributed by atoms with van der Waals surface area (Å²) in [6.07, 6.45) is -3.20. The van der Waals surface area contributed by atoms with Crippen LogP contribution in [0.4, 0.5) is 17.6 Å². The van der Waals surface area contributed by atoms with E-state index in [0.29, 0.717) is 5.01 Å². The molecule has 29 heavy (non-hydrogen) atoms. The van der Waals surface area contributed by atoms with Gasteiger partial charge in [0.15, 0.2) is 16.5 Å². The number of hydrogen-bond acceptors (Lipinski definition) is 7. The molecule has 0 amide bonds. The summed E-state index contributed by atoms with van der Waals surface area (Å²) in [6.45, 7) is 0. The average Bonchev–Trinajstić information content (AvgIpc) is 3.24. The van der Waals surface area contributed by atoms with Crippen molar-refractivity contribution in [1.29, 1.82) is 0 Å². The summed E-state index contributed by atoms with van der Waals surface area (Å²) in [5.41, 5.74) is -0.569. The molecule has 6 nitrogen and oxygen atoms in total. The minimum Gasteiger partial charge on any atom is -0.437 e. The van der Waals surface area contributed by atoms with Crippen LogP contribution in [0.1, 0.15) is 5.56 Å². The third kappa shape index (κ3) is 4.19. The number of aromatic nitrogens is 5. The van der Waals surface area contributed by atoms with Gasteiger partial charge in [0, 0.05) is 5.56 Å². The highest BCUT2D eigenvalue weighted by molar-refractivity contribution is 7.09. The topological polar surface area (TPSA) is 73.7 Å². The molecule has 0 aliphatic heterocycles. The minimum absolute atomic E-state index is 0.0456. The molecule has 0 bridgehead atoms. The average molecular weight is 419 g/mol. The molecule has 0 saturated heterocycles. The summed E-state index contributed by atoms with van der Waals surface area (Å²) in [5, 5.41) is 8.29. The molecule has 0 saturated carbocycles. The molecule has 2 aromatic heterocycles. The second-order valence-corrected chi connectivity index (χ2v) is 6.45. The molecule has 146 valence electrons. The lowest BCUT2D eigenvalue weighted by molar-refractivity contribution is -0.137. The number of rotatable bonds is 4. The van der Waals surface area contributed by atoms with Crippen LogP contribution >= 0.6 is 11.5 Å². The van der Waals surface area contributed by atoms with Gasteiger partial charge in [0.05, 0.1) is 5.56 Å². The predicted molar refractivity (Wildman–Crippen MR) is 95.6 cm³/mol. The molecule has 0 aliphatic carbocycles. The molecule has 11 heteroatoms. The molecule has 2 heterocycles. The number of benzene rings is 2. The van der Waals surface area contributed by atoms with Gasteiger partial charge in [-0.25, -0.2) is 9.37 Å². The van der Waals surface area contributed by atoms with Crippen molar-refractivity contribution in [2.24, 2.45) is 0 Å². The van der Waals surface area contributed by atoms with E-state index in [1.807, 2.05) is 0 Å². The highest BCUT2D eigenvalue weighted by atomic mass is 32.1. The molecule has 2 aromatic carbocycles. The molecule has 0 unspecified atom stereocenters. The van der Waals surface area contributed by atoms with Crippen LogP contribution in [0, 0.1) is 5.82 Å². The number of nitrogens with zero attached hydrogens (tertiary/aromatic N) is 5. The zero-order chi connectivity index (χ0) is 20.4. The Morgan fingerprint density at radius 1 is 0.966 bits per heavy atom. The van der Waals surface area contributed by atoms with Crippen LogP contribution in [0.3, 0.4) is 0 Å². The Labute approximate surface area is 165 Å². The van der Waals surface area contributed by atoms with Crippen molar-refractivity contribution in [2.45, 2.75) is 6.18 Å². The Balaban J connectivity index is 1.78. The van der Waals surface area contributed by atoms with Crippen molar-refractivity contribution in [2.75, 3.05) is 0 Å². The van der Waals surface area contributed by atoms with Gasteiger partial charge in [-0.15, -0.1) is 10.2 Å². The first-order chi connectivity index (χ1) is 13.9. The van der Waals surface area contributed by atoms with Crippen LogP contribution in [0.2, 0.25) is 0 Å². The van der Waals surface area contributed by atoms with Gasteiger partial charge in [0.1, 0.15) is 17.9 Å². The zero-order valence-corrected chi connectivity index (χ0v) is 15.1. The fourth-order valence-electron chi connectivity index (χ4n) is 2.37. The van der Waals surface area contributed by atoms with Gasteiger partial charge < -0.3 is 4.74 Å². The van der Waals surface area contributed by atoms with Crippen LogP contribution in [-0.4, -0.2) is 24.5 Å². The third-order valence-corrected chi connectivity index (χ3v) is 4.37. The summed E-state index contributed by atoms with van der Waals surface area (Å²) >= 11 is 1.02. The summed E-state index contributed by atoms with van der Waals surface area (Å²) in [6, 6.07) is 9.70. The summed E-state index contributed by atoms with van der Waals surface area (Å²) in [4.78, 5) is 8.25. The van der Waals surface area contributed by atoms with Crippen molar-refractivity contribution >= 4 is 11.5 Å². The Bertz CT molecular complexity index is 1130.